The third-order valence-electron chi connectivity index (χ3n) is 2.58. The third kappa shape index (κ3) is 3.89. The second kappa shape index (κ2) is 6.47. The molecular weight excluding hydrogens is 270 g/mol. The lowest BCUT2D eigenvalue weighted by molar-refractivity contribution is 0.145. The Balaban J connectivity index is 1.81. The Labute approximate surface area is 114 Å². The minimum atomic E-state index is -2.52. The van der Waals surface area contributed by atoms with Crippen LogP contribution >= 0.6 is 12.2 Å². The van der Waals surface area contributed by atoms with E-state index in [2.05, 4.69) is 5.10 Å². The Morgan fingerprint density at radius 3 is 2.63 bits per heavy atom. The molecule has 1 N–H and O–H groups in total. The fraction of sp³-hybridized carbons (Fsp3) is 0.308. The molecule has 1 aromatic heterocycles. The topological polar surface area (TPSA) is 29.9 Å². The first-order valence-corrected chi connectivity index (χ1v) is 6.33. The van der Waals surface area contributed by atoms with E-state index in [0.29, 0.717) is 24.2 Å². The molecule has 0 fully saturated rings. The predicted octanol–water partition coefficient (Wildman–Crippen LogP) is 3.95. The summed E-state index contributed by atoms with van der Waals surface area (Å²) in [5, 5.41) is 2.59. The van der Waals surface area contributed by atoms with Crippen LogP contribution in [0.4, 0.5) is 8.78 Å². The summed E-state index contributed by atoms with van der Waals surface area (Å²) in [4.78, 5) is 0. The van der Waals surface area contributed by atoms with Crippen molar-refractivity contribution < 1.29 is 13.5 Å². The number of hydrogen-bond acceptors (Lipinski definition) is 2. The molecule has 0 radical (unpaired) electrons. The maximum absolute atomic E-state index is 12.5. The molecule has 0 saturated heterocycles. The molecule has 0 bridgehead atoms. The van der Waals surface area contributed by atoms with Crippen molar-refractivity contribution in [1.82, 2.24) is 9.78 Å². The number of H-pyrrole nitrogens is 1. The molecular formula is C13H14F2N2OS. The number of aryl methyl sites for hydroxylation is 1. The molecule has 102 valence electrons. The van der Waals surface area contributed by atoms with Gasteiger partial charge in [-0.05, 0) is 12.1 Å². The van der Waals surface area contributed by atoms with Crippen molar-refractivity contribution in [3.8, 4) is 5.75 Å². The van der Waals surface area contributed by atoms with Gasteiger partial charge in [0.05, 0.1) is 6.61 Å². The van der Waals surface area contributed by atoms with Crippen LogP contribution in [0.5, 0.6) is 5.75 Å². The number of alkyl halides is 2. The number of halogens is 2. The van der Waals surface area contributed by atoms with E-state index < -0.39 is 6.43 Å². The number of benzene rings is 1. The average molecular weight is 284 g/mol. The number of nitrogens with one attached hydrogen (secondary N) is 1. The van der Waals surface area contributed by atoms with E-state index in [1.54, 1.807) is 0 Å². The van der Waals surface area contributed by atoms with Crippen LogP contribution < -0.4 is 4.74 Å². The van der Waals surface area contributed by atoms with Gasteiger partial charge in [-0.15, -0.1) is 0 Å². The fourth-order valence-corrected chi connectivity index (χ4v) is 1.93. The van der Waals surface area contributed by atoms with Gasteiger partial charge in [0.2, 0.25) is 0 Å². The standard InChI is InChI=1S/C13H14F2N2OS/c14-13(15)11-9-12(19)17(16-11)7-4-8-18-10-5-2-1-3-6-10/h1-3,5-6,9,13,16H,4,7-8H2. The highest BCUT2D eigenvalue weighted by Crippen LogP contribution is 2.16. The molecule has 0 atom stereocenters. The lowest BCUT2D eigenvalue weighted by atomic mass is 10.3. The van der Waals surface area contributed by atoms with Gasteiger partial charge in [0.25, 0.3) is 6.43 Å². The zero-order chi connectivity index (χ0) is 13.7. The zero-order valence-corrected chi connectivity index (χ0v) is 11.0. The van der Waals surface area contributed by atoms with Gasteiger partial charge in [0.1, 0.15) is 16.1 Å². The molecule has 2 aromatic rings. The van der Waals surface area contributed by atoms with Gasteiger partial charge in [-0.25, -0.2) is 8.78 Å². The largest absolute Gasteiger partial charge is 0.494 e. The van der Waals surface area contributed by atoms with E-state index in [1.807, 2.05) is 30.3 Å². The van der Waals surface area contributed by atoms with Crippen molar-refractivity contribution in [2.45, 2.75) is 19.4 Å². The van der Waals surface area contributed by atoms with Crippen molar-refractivity contribution in [1.29, 1.82) is 0 Å². The van der Waals surface area contributed by atoms with Crippen LogP contribution in [0.1, 0.15) is 18.5 Å². The van der Waals surface area contributed by atoms with Gasteiger partial charge in [-0.3, -0.25) is 9.78 Å². The van der Waals surface area contributed by atoms with E-state index in [-0.39, 0.29) is 5.69 Å². The van der Waals surface area contributed by atoms with Crippen LogP contribution in [-0.4, -0.2) is 16.4 Å². The summed E-state index contributed by atoms with van der Waals surface area (Å²) in [5.74, 6) is 0.797. The van der Waals surface area contributed by atoms with Crippen LogP contribution in [0.3, 0.4) is 0 Å². The van der Waals surface area contributed by atoms with Crippen molar-refractivity contribution in [2.24, 2.45) is 0 Å². The van der Waals surface area contributed by atoms with Crippen molar-refractivity contribution in [2.75, 3.05) is 6.61 Å². The monoisotopic (exact) mass is 284 g/mol. The Morgan fingerprint density at radius 1 is 1.26 bits per heavy atom. The first-order valence-electron chi connectivity index (χ1n) is 5.92. The summed E-state index contributed by atoms with van der Waals surface area (Å²) in [7, 11) is 0. The zero-order valence-electron chi connectivity index (χ0n) is 10.2. The van der Waals surface area contributed by atoms with Crippen molar-refractivity contribution >= 4 is 12.2 Å². The maximum atomic E-state index is 12.5. The Hall–Kier alpha value is -1.69. The molecule has 3 nitrogen and oxygen atoms in total. The van der Waals surface area contributed by atoms with Crippen molar-refractivity contribution in [3.63, 3.8) is 0 Å². The van der Waals surface area contributed by atoms with Gasteiger partial charge in [-0.2, -0.15) is 0 Å². The molecule has 6 heteroatoms. The first-order chi connectivity index (χ1) is 9.16. The maximum Gasteiger partial charge on any atom is 0.279 e. The van der Waals surface area contributed by atoms with Crippen LogP contribution in [-0.2, 0) is 6.54 Å². The molecule has 0 spiro atoms. The fourth-order valence-electron chi connectivity index (χ4n) is 1.66. The number of rotatable bonds is 6. The SMILES string of the molecule is FC(F)c1cc(=S)n(CCCOc2ccccc2)[nH]1. The molecule has 0 saturated carbocycles. The van der Waals surface area contributed by atoms with Gasteiger partial charge in [-0.1, -0.05) is 30.4 Å². The molecule has 2 rings (SSSR count). The molecule has 0 amide bonds. The Morgan fingerprint density at radius 2 is 2.00 bits per heavy atom. The smallest absolute Gasteiger partial charge is 0.279 e. The van der Waals surface area contributed by atoms with E-state index >= 15 is 0 Å². The highest BCUT2D eigenvalue weighted by atomic mass is 32.1. The van der Waals surface area contributed by atoms with Crippen LogP contribution in [0.15, 0.2) is 36.4 Å². The number of hydrogen-bond donors (Lipinski definition) is 1. The predicted molar refractivity (Wildman–Crippen MR) is 71.1 cm³/mol. The quantitative estimate of drug-likeness (QED) is 0.643. The van der Waals surface area contributed by atoms with Gasteiger partial charge >= 0.3 is 0 Å². The molecule has 0 aliphatic heterocycles. The summed E-state index contributed by atoms with van der Waals surface area (Å²) in [6, 6.07) is 10.7. The minimum absolute atomic E-state index is 0.144. The Bertz CT molecular complexity index is 566. The number of aromatic nitrogens is 2. The molecule has 1 heterocycles. The molecule has 19 heavy (non-hydrogen) atoms. The second-order valence-electron chi connectivity index (χ2n) is 4.02. The van der Waals surface area contributed by atoms with Gasteiger partial charge in [0.15, 0.2) is 0 Å². The summed E-state index contributed by atoms with van der Waals surface area (Å²) in [6.07, 6.45) is -1.84. The number of ether oxygens (including phenoxy) is 1. The molecule has 0 unspecified atom stereocenters. The minimum Gasteiger partial charge on any atom is -0.494 e. The first kappa shape index (κ1) is 13.7. The highest BCUT2D eigenvalue weighted by molar-refractivity contribution is 7.71. The van der Waals surface area contributed by atoms with Crippen LogP contribution in [0, 0.1) is 4.64 Å². The molecule has 0 aliphatic carbocycles. The average Bonchev–Trinajstić information content (AvgIpc) is 2.78. The molecule has 0 aliphatic rings. The van der Waals surface area contributed by atoms with Gasteiger partial charge in [0, 0.05) is 19.0 Å². The van der Waals surface area contributed by atoms with E-state index in [1.165, 1.54) is 10.7 Å². The van der Waals surface area contributed by atoms with Gasteiger partial charge < -0.3 is 4.74 Å². The summed E-state index contributed by atoms with van der Waals surface area (Å²) >= 11 is 4.99. The molecule has 1 aromatic carbocycles. The lowest BCUT2D eigenvalue weighted by Gasteiger charge is -2.06. The number of aromatic amines is 1. The van der Waals surface area contributed by atoms with E-state index in [0.717, 1.165) is 5.75 Å². The normalized spacial score (nSPS) is 10.9. The summed E-state index contributed by atoms with van der Waals surface area (Å²) in [6.45, 7) is 1.03. The number of para-hydroxylation sites is 1. The van der Waals surface area contributed by atoms with Crippen molar-refractivity contribution in [3.05, 3.63) is 46.7 Å². The highest BCUT2D eigenvalue weighted by Gasteiger charge is 2.10. The number of nitrogens with zero attached hydrogens (tertiary/aromatic N) is 1. The second-order valence-corrected chi connectivity index (χ2v) is 4.44. The van der Waals surface area contributed by atoms with E-state index in [4.69, 9.17) is 17.0 Å². The Kier molecular flexibility index (Phi) is 4.68. The summed E-state index contributed by atoms with van der Waals surface area (Å²) in [5.41, 5.74) is -0.144. The lowest BCUT2D eigenvalue weighted by Crippen LogP contribution is -2.06. The summed E-state index contributed by atoms with van der Waals surface area (Å²) < 4.78 is 32.3. The van der Waals surface area contributed by atoms with E-state index in [9.17, 15) is 8.78 Å². The van der Waals surface area contributed by atoms with Crippen LogP contribution in [0.2, 0.25) is 0 Å². The third-order valence-corrected chi connectivity index (χ3v) is 2.92. The van der Waals surface area contributed by atoms with Crippen LogP contribution in [0.25, 0.3) is 0 Å².